The zero-order valence-electron chi connectivity index (χ0n) is 12.2. The van der Waals surface area contributed by atoms with Crippen LogP contribution in [0, 0.1) is 5.92 Å². The summed E-state index contributed by atoms with van der Waals surface area (Å²) in [4.78, 5) is 4.67. The normalized spacial score (nSPS) is 18.1. The van der Waals surface area contributed by atoms with Gasteiger partial charge in [0.2, 0.25) is 0 Å². The average molecular weight is 290 g/mol. The van der Waals surface area contributed by atoms with E-state index in [0.717, 1.165) is 22.3 Å². The lowest BCUT2D eigenvalue weighted by atomic mass is 9.85. The van der Waals surface area contributed by atoms with Gasteiger partial charge in [0.05, 0.1) is 17.3 Å². The van der Waals surface area contributed by atoms with E-state index in [2.05, 4.69) is 23.3 Å². The topological polar surface area (TPSA) is 34.1 Å². The third kappa shape index (κ3) is 2.90. The standard InChI is InChI=1S/C16H22N2OS/c1-11(12-6-4-3-5-7-12)17-16-18-14-9-8-13(19-2)10-15(14)20-16/h8-12H,3-7H2,1-2H3,(H,17,18). The second-order valence-electron chi connectivity index (χ2n) is 5.68. The summed E-state index contributed by atoms with van der Waals surface area (Å²) < 4.78 is 6.45. The Morgan fingerprint density at radius 2 is 2.10 bits per heavy atom. The predicted octanol–water partition coefficient (Wildman–Crippen LogP) is 4.69. The maximum absolute atomic E-state index is 5.27. The first-order valence-electron chi connectivity index (χ1n) is 7.47. The molecule has 1 unspecified atom stereocenters. The molecule has 0 saturated heterocycles. The van der Waals surface area contributed by atoms with Gasteiger partial charge in [-0.05, 0) is 43.9 Å². The summed E-state index contributed by atoms with van der Waals surface area (Å²) in [6.45, 7) is 2.29. The van der Waals surface area contributed by atoms with Crippen LogP contribution < -0.4 is 10.1 Å². The van der Waals surface area contributed by atoms with Crippen molar-refractivity contribution in [3.8, 4) is 5.75 Å². The van der Waals surface area contributed by atoms with Crippen molar-refractivity contribution in [1.82, 2.24) is 4.98 Å². The van der Waals surface area contributed by atoms with Gasteiger partial charge in [-0.2, -0.15) is 0 Å². The van der Waals surface area contributed by atoms with Crippen LogP contribution in [0.4, 0.5) is 5.13 Å². The summed E-state index contributed by atoms with van der Waals surface area (Å²) >= 11 is 1.72. The highest BCUT2D eigenvalue weighted by atomic mass is 32.1. The largest absolute Gasteiger partial charge is 0.497 e. The van der Waals surface area contributed by atoms with Crippen LogP contribution in [0.1, 0.15) is 39.0 Å². The molecule has 4 heteroatoms. The Morgan fingerprint density at radius 3 is 2.85 bits per heavy atom. The Morgan fingerprint density at radius 1 is 1.30 bits per heavy atom. The van der Waals surface area contributed by atoms with Crippen molar-refractivity contribution in [3.63, 3.8) is 0 Å². The molecule has 1 aliphatic rings. The maximum atomic E-state index is 5.27. The summed E-state index contributed by atoms with van der Waals surface area (Å²) in [5.41, 5.74) is 1.05. The molecule has 1 aromatic heterocycles. The Bertz CT molecular complexity index is 575. The number of fused-ring (bicyclic) bond motifs is 1. The fourth-order valence-electron chi connectivity index (χ4n) is 3.04. The fourth-order valence-corrected chi connectivity index (χ4v) is 4.03. The van der Waals surface area contributed by atoms with Gasteiger partial charge in [-0.3, -0.25) is 0 Å². The Balaban J connectivity index is 1.73. The Labute approximate surface area is 124 Å². The van der Waals surface area contributed by atoms with Gasteiger partial charge in [0.1, 0.15) is 5.75 Å². The minimum Gasteiger partial charge on any atom is -0.497 e. The monoisotopic (exact) mass is 290 g/mol. The number of nitrogens with zero attached hydrogens (tertiary/aromatic N) is 1. The SMILES string of the molecule is COc1ccc2nc(NC(C)C3CCCCC3)sc2c1. The second-order valence-corrected chi connectivity index (χ2v) is 6.71. The van der Waals surface area contributed by atoms with Crippen LogP contribution in [0.2, 0.25) is 0 Å². The van der Waals surface area contributed by atoms with E-state index in [4.69, 9.17) is 4.74 Å². The zero-order chi connectivity index (χ0) is 13.9. The molecule has 20 heavy (non-hydrogen) atoms. The fraction of sp³-hybridized carbons (Fsp3) is 0.562. The highest BCUT2D eigenvalue weighted by Gasteiger charge is 2.20. The summed E-state index contributed by atoms with van der Waals surface area (Å²) in [5, 5.41) is 4.64. The lowest BCUT2D eigenvalue weighted by Gasteiger charge is -2.28. The molecule has 1 fully saturated rings. The first-order chi connectivity index (χ1) is 9.76. The van der Waals surface area contributed by atoms with Crippen LogP contribution in [0.25, 0.3) is 10.2 Å². The van der Waals surface area contributed by atoms with Crippen molar-refractivity contribution in [2.45, 2.75) is 45.1 Å². The van der Waals surface area contributed by atoms with E-state index in [0.29, 0.717) is 6.04 Å². The number of methoxy groups -OCH3 is 1. The van der Waals surface area contributed by atoms with Crippen molar-refractivity contribution >= 4 is 26.7 Å². The zero-order valence-corrected chi connectivity index (χ0v) is 13.0. The smallest absolute Gasteiger partial charge is 0.184 e. The maximum Gasteiger partial charge on any atom is 0.184 e. The van der Waals surface area contributed by atoms with Gasteiger partial charge in [0, 0.05) is 6.04 Å². The second kappa shape index (κ2) is 6.00. The summed E-state index contributed by atoms with van der Waals surface area (Å²) in [6.07, 6.45) is 6.88. The third-order valence-electron chi connectivity index (χ3n) is 4.30. The molecule has 3 nitrogen and oxygen atoms in total. The number of hydrogen-bond donors (Lipinski definition) is 1. The van der Waals surface area contributed by atoms with Crippen LogP contribution in [0.15, 0.2) is 18.2 Å². The number of thiazole rings is 1. The number of nitrogens with one attached hydrogen (secondary N) is 1. The number of aromatic nitrogens is 1. The van der Waals surface area contributed by atoms with Crippen LogP contribution in [-0.2, 0) is 0 Å². The van der Waals surface area contributed by atoms with E-state index in [9.17, 15) is 0 Å². The van der Waals surface area contributed by atoms with Crippen molar-refractivity contribution in [1.29, 1.82) is 0 Å². The van der Waals surface area contributed by atoms with Gasteiger partial charge in [0.25, 0.3) is 0 Å². The van der Waals surface area contributed by atoms with Crippen LogP contribution >= 0.6 is 11.3 Å². The number of rotatable bonds is 4. The summed E-state index contributed by atoms with van der Waals surface area (Å²) in [7, 11) is 1.70. The minimum atomic E-state index is 0.512. The number of ether oxygens (including phenoxy) is 1. The summed E-state index contributed by atoms with van der Waals surface area (Å²) in [6, 6.07) is 6.57. The van der Waals surface area contributed by atoms with Crippen molar-refractivity contribution in [2.75, 3.05) is 12.4 Å². The summed E-state index contributed by atoms with van der Waals surface area (Å²) in [5.74, 6) is 1.69. The molecule has 1 atom stereocenters. The highest BCUT2D eigenvalue weighted by Crippen LogP contribution is 2.32. The molecule has 1 N–H and O–H groups in total. The molecule has 0 radical (unpaired) electrons. The molecule has 3 rings (SSSR count). The van der Waals surface area contributed by atoms with Gasteiger partial charge in [-0.15, -0.1) is 0 Å². The van der Waals surface area contributed by atoms with E-state index >= 15 is 0 Å². The number of benzene rings is 1. The van der Waals surface area contributed by atoms with Crippen molar-refractivity contribution in [2.24, 2.45) is 5.92 Å². The van der Waals surface area contributed by atoms with E-state index < -0.39 is 0 Å². The molecule has 0 amide bonds. The lowest BCUT2D eigenvalue weighted by Crippen LogP contribution is -2.27. The molecule has 1 saturated carbocycles. The van der Waals surface area contributed by atoms with Crippen LogP contribution in [-0.4, -0.2) is 18.1 Å². The molecule has 108 valence electrons. The number of anilines is 1. The van der Waals surface area contributed by atoms with E-state index in [1.165, 1.54) is 36.8 Å². The van der Waals surface area contributed by atoms with Gasteiger partial charge < -0.3 is 10.1 Å². The lowest BCUT2D eigenvalue weighted by molar-refractivity contribution is 0.328. The molecular weight excluding hydrogens is 268 g/mol. The van der Waals surface area contributed by atoms with Crippen molar-refractivity contribution in [3.05, 3.63) is 18.2 Å². The quantitative estimate of drug-likeness (QED) is 0.887. The average Bonchev–Trinajstić information content (AvgIpc) is 2.89. The van der Waals surface area contributed by atoms with E-state index in [1.807, 2.05) is 12.1 Å². The van der Waals surface area contributed by atoms with Crippen molar-refractivity contribution < 1.29 is 4.74 Å². The van der Waals surface area contributed by atoms with Gasteiger partial charge in [-0.1, -0.05) is 30.6 Å². The molecular formula is C16H22N2OS. The first kappa shape index (κ1) is 13.7. The molecule has 0 spiro atoms. The first-order valence-corrected chi connectivity index (χ1v) is 8.29. The molecule has 1 aromatic carbocycles. The molecule has 1 heterocycles. The van der Waals surface area contributed by atoms with Gasteiger partial charge in [0.15, 0.2) is 5.13 Å². The molecule has 1 aliphatic carbocycles. The third-order valence-corrected chi connectivity index (χ3v) is 5.25. The van der Waals surface area contributed by atoms with Gasteiger partial charge in [-0.25, -0.2) is 4.98 Å². The van der Waals surface area contributed by atoms with Crippen LogP contribution in [0.5, 0.6) is 5.75 Å². The highest BCUT2D eigenvalue weighted by molar-refractivity contribution is 7.22. The van der Waals surface area contributed by atoms with Crippen LogP contribution in [0.3, 0.4) is 0 Å². The number of hydrogen-bond acceptors (Lipinski definition) is 4. The Hall–Kier alpha value is -1.29. The molecule has 0 bridgehead atoms. The Kier molecular flexibility index (Phi) is 4.10. The molecule has 2 aromatic rings. The van der Waals surface area contributed by atoms with Gasteiger partial charge >= 0.3 is 0 Å². The minimum absolute atomic E-state index is 0.512. The van der Waals surface area contributed by atoms with E-state index in [-0.39, 0.29) is 0 Å². The molecule has 0 aliphatic heterocycles. The predicted molar refractivity (Wildman–Crippen MR) is 85.8 cm³/mol. The van der Waals surface area contributed by atoms with E-state index in [1.54, 1.807) is 18.4 Å².